The molecule has 1 aromatic heterocycles. The Balaban J connectivity index is 1.51. The van der Waals surface area contributed by atoms with Gasteiger partial charge in [0.05, 0.1) is 18.7 Å². The Bertz CT molecular complexity index is 1290. The molecule has 212 valence electrons. The van der Waals surface area contributed by atoms with Gasteiger partial charge in [0.15, 0.2) is 16.1 Å². The molecular formula is C26H34N4O7S2. The van der Waals surface area contributed by atoms with Crippen LogP contribution in [0.25, 0.3) is 10.4 Å². The molecule has 2 fully saturated rings. The van der Waals surface area contributed by atoms with Crippen molar-refractivity contribution in [2.24, 2.45) is 0 Å². The molecule has 1 aromatic carbocycles. The van der Waals surface area contributed by atoms with E-state index in [1.54, 1.807) is 24.3 Å². The normalized spacial score (nSPS) is 22.4. The number of rotatable bonds is 9. The fourth-order valence-corrected chi connectivity index (χ4v) is 8.53. The smallest absolute Gasteiger partial charge is 0.319 e. The van der Waals surface area contributed by atoms with Gasteiger partial charge in [0.1, 0.15) is 4.75 Å². The van der Waals surface area contributed by atoms with Crippen molar-refractivity contribution in [3.05, 3.63) is 41.3 Å². The molecule has 39 heavy (non-hydrogen) atoms. The average Bonchev–Trinajstić information content (AvgIpc) is 3.43. The van der Waals surface area contributed by atoms with E-state index >= 15 is 0 Å². The molecule has 0 radical (unpaired) electrons. The van der Waals surface area contributed by atoms with E-state index in [1.165, 1.54) is 18.4 Å². The monoisotopic (exact) mass is 578 g/mol. The zero-order chi connectivity index (χ0) is 27.9. The first-order valence-electron chi connectivity index (χ1n) is 13.0. The Morgan fingerprint density at radius 3 is 2.69 bits per heavy atom. The van der Waals surface area contributed by atoms with Crippen LogP contribution in [0.15, 0.2) is 36.4 Å². The first kappa shape index (κ1) is 29.0. The summed E-state index contributed by atoms with van der Waals surface area (Å²) in [5.74, 6) is -0.803. The highest BCUT2D eigenvalue weighted by atomic mass is 32.2. The summed E-state index contributed by atoms with van der Waals surface area (Å²) >= 11 is 1.32. The maximum absolute atomic E-state index is 13.5. The summed E-state index contributed by atoms with van der Waals surface area (Å²) in [6.07, 6.45) is 3.38. The van der Waals surface area contributed by atoms with Gasteiger partial charge in [-0.2, -0.15) is 0 Å². The van der Waals surface area contributed by atoms with Gasteiger partial charge in [-0.05, 0) is 55.5 Å². The number of urea groups is 1. The molecule has 0 aliphatic carbocycles. The van der Waals surface area contributed by atoms with Gasteiger partial charge in [-0.25, -0.2) is 23.5 Å². The van der Waals surface area contributed by atoms with E-state index in [9.17, 15) is 22.8 Å². The highest BCUT2D eigenvalue weighted by Crippen LogP contribution is 2.47. The average molecular weight is 579 g/mol. The molecule has 3 heterocycles. The first-order valence-corrected chi connectivity index (χ1v) is 15.4. The topological polar surface area (TPSA) is 152 Å². The Hall–Kier alpha value is -3.00. The second kappa shape index (κ2) is 12.9. The van der Waals surface area contributed by atoms with Gasteiger partial charge in [-0.1, -0.05) is 18.6 Å². The fourth-order valence-electron chi connectivity index (χ4n) is 4.76. The number of benzene rings is 1. The molecule has 4 N–H and O–H groups in total. The van der Waals surface area contributed by atoms with Crippen LogP contribution in [0.5, 0.6) is 0 Å². The zero-order valence-electron chi connectivity index (χ0n) is 21.8. The number of amides is 4. The highest BCUT2D eigenvalue weighted by molar-refractivity contribution is 7.92. The fraction of sp³-hybridized carbons (Fsp3) is 0.500. The lowest BCUT2D eigenvalue weighted by molar-refractivity contribution is -0.200. The largest absolute Gasteiger partial charge is 0.358 e. The maximum atomic E-state index is 13.5. The minimum Gasteiger partial charge on any atom is -0.358 e. The molecule has 11 nitrogen and oxygen atoms in total. The molecule has 0 saturated carbocycles. The molecule has 2 saturated heterocycles. The van der Waals surface area contributed by atoms with Crippen LogP contribution in [0.4, 0.5) is 10.5 Å². The van der Waals surface area contributed by atoms with Crippen LogP contribution in [0.3, 0.4) is 0 Å². The number of likely N-dealkylation sites (N-methyl/N-ethyl adjacent to an activating group) is 1. The summed E-state index contributed by atoms with van der Waals surface area (Å²) in [7, 11) is -2.14. The second-order valence-corrected chi connectivity index (χ2v) is 13.1. The van der Waals surface area contributed by atoms with Crippen LogP contribution in [-0.4, -0.2) is 58.5 Å². The minimum atomic E-state index is -3.62. The third kappa shape index (κ3) is 7.15. The molecule has 4 rings (SSSR count). The number of hydroxylamine groups is 1. The third-order valence-corrected chi connectivity index (χ3v) is 10.9. The van der Waals surface area contributed by atoms with Crippen LogP contribution >= 0.6 is 11.3 Å². The number of ether oxygens (including phenoxy) is 1. The molecular weight excluding hydrogens is 544 g/mol. The van der Waals surface area contributed by atoms with Crippen molar-refractivity contribution < 1.29 is 32.4 Å². The van der Waals surface area contributed by atoms with Gasteiger partial charge >= 0.3 is 6.03 Å². The van der Waals surface area contributed by atoms with Crippen molar-refractivity contribution in [2.45, 2.75) is 56.0 Å². The standard InChI is InChI=1S/C26H34N4O7S2/c1-27-23(32)17-28-25(33)29-19-8-6-7-18(15-19)20-10-11-21(38-20)26(12-3-5-14-39(26,34)35)16-22(31)30-37-24-9-2-4-13-36-24/h6-8,10-11,15,24H,2-5,9,12-14,16-17H2,1H3,(H,27,32)(H,30,31)(H2,28,29,33)/t24?,26-/m0/s1. The van der Waals surface area contributed by atoms with E-state index in [0.29, 0.717) is 42.9 Å². The lowest BCUT2D eigenvalue weighted by Gasteiger charge is -2.35. The summed E-state index contributed by atoms with van der Waals surface area (Å²) in [5.41, 5.74) is 3.71. The predicted octanol–water partition coefficient (Wildman–Crippen LogP) is 3.04. The van der Waals surface area contributed by atoms with Crippen molar-refractivity contribution in [1.29, 1.82) is 0 Å². The van der Waals surface area contributed by atoms with Crippen molar-refractivity contribution in [2.75, 3.05) is 31.3 Å². The van der Waals surface area contributed by atoms with E-state index < -0.39 is 32.8 Å². The highest BCUT2D eigenvalue weighted by Gasteiger charge is 2.49. The van der Waals surface area contributed by atoms with Gasteiger partial charge in [0.25, 0.3) is 0 Å². The van der Waals surface area contributed by atoms with Crippen LogP contribution in [0.2, 0.25) is 0 Å². The van der Waals surface area contributed by atoms with Crippen molar-refractivity contribution in [3.63, 3.8) is 0 Å². The summed E-state index contributed by atoms with van der Waals surface area (Å²) in [6.45, 7) is 0.410. The van der Waals surface area contributed by atoms with E-state index in [-0.39, 0.29) is 24.6 Å². The van der Waals surface area contributed by atoms with Crippen molar-refractivity contribution >= 4 is 44.7 Å². The van der Waals surface area contributed by atoms with Gasteiger partial charge in [-0.3, -0.25) is 9.59 Å². The molecule has 2 aromatic rings. The number of sulfone groups is 1. The van der Waals surface area contributed by atoms with E-state index in [4.69, 9.17) is 9.57 Å². The molecule has 0 bridgehead atoms. The molecule has 4 amide bonds. The van der Waals surface area contributed by atoms with Gasteiger partial charge in [0.2, 0.25) is 11.8 Å². The van der Waals surface area contributed by atoms with Crippen LogP contribution in [0.1, 0.15) is 49.8 Å². The number of hydrogen-bond donors (Lipinski definition) is 4. The Labute approximate surface area is 231 Å². The third-order valence-electron chi connectivity index (χ3n) is 6.88. The Kier molecular flexibility index (Phi) is 9.59. The van der Waals surface area contributed by atoms with Crippen molar-refractivity contribution in [3.8, 4) is 10.4 Å². The number of hydrogen-bond acceptors (Lipinski definition) is 8. The molecule has 0 spiro atoms. The van der Waals surface area contributed by atoms with Gasteiger partial charge < -0.3 is 20.7 Å². The zero-order valence-corrected chi connectivity index (χ0v) is 23.4. The number of thiophene rings is 1. The minimum absolute atomic E-state index is 0.0185. The van der Waals surface area contributed by atoms with E-state index in [2.05, 4.69) is 21.4 Å². The lowest BCUT2D eigenvalue weighted by Crippen LogP contribution is -2.45. The summed E-state index contributed by atoms with van der Waals surface area (Å²) < 4.78 is 31.1. The van der Waals surface area contributed by atoms with E-state index in [0.717, 1.165) is 23.3 Å². The number of carbonyl (C=O) groups is 3. The SMILES string of the molecule is CNC(=O)CNC(=O)Nc1cccc(-c2ccc([C@@]3(CC(=O)NOC4CCCCO4)CCCCS3(=O)=O)s2)c1. The van der Waals surface area contributed by atoms with Crippen molar-refractivity contribution in [1.82, 2.24) is 16.1 Å². The first-order chi connectivity index (χ1) is 18.7. The van der Waals surface area contributed by atoms with Crippen LogP contribution in [-0.2, 0) is 33.7 Å². The van der Waals surface area contributed by atoms with Gasteiger partial charge in [0, 0.05) is 35.5 Å². The quantitative estimate of drug-likeness (QED) is 0.334. The number of carbonyl (C=O) groups excluding carboxylic acids is 3. The molecule has 2 aliphatic heterocycles. The summed E-state index contributed by atoms with van der Waals surface area (Å²) in [6, 6.07) is 10.2. The Morgan fingerprint density at radius 1 is 1.10 bits per heavy atom. The predicted molar refractivity (Wildman–Crippen MR) is 148 cm³/mol. The molecule has 2 aliphatic rings. The summed E-state index contributed by atoms with van der Waals surface area (Å²) in [4.78, 5) is 43.2. The number of nitrogens with one attached hydrogen (secondary N) is 4. The van der Waals surface area contributed by atoms with Crippen LogP contribution < -0.4 is 21.4 Å². The summed E-state index contributed by atoms with van der Waals surface area (Å²) in [5, 5.41) is 7.59. The molecule has 2 atom stereocenters. The van der Waals surface area contributed by atoms with Crippen LogP contribution in [0, 0.1) is 0 Å². The molecule has 13 heteroatoms. The maximum Gasteiger partial charge on any atom is 0.319 e. The second-order valence-electron chi connectivity index (χ2n) is 9.61. The lowest BCUT2D eigenvalue weighted by atomic mass is 9.94. The van der Waals surface area contributed by atoms with Gasteiger partial charge in [-0.15, -0.1) is 11.3 Å². The van der Waals surface area contributed by atoms with E-state index in [1.807, 2.05) is 12.1 Å². The Morgan fingerprint density at radius 2 is 1.95 bits per heavy atom. The number of anilines is 1. The molecule has 1 unspecified atom stereocenters.